The molecule has 0 bridgehead atoms. The van der Waals surface area contributed by atoms with Crippen LogP contribution in [0.15, 0.2) is 84.0 Å². The van der Waals surface area contributed by atoms with Gasteiger partial charge in [0.15, 0.2) is 0 Å². The quantitative estimate of drug-likeness (QED) is 0.270. The van der Waals surface area contributed by atoms with E-state index < -0.39 is 15.6 Å². The lowest BCUT2D eigenvalue weighted by molar-refractivity contribution is -0.126. The molecule has 7 nitrogen and oxygen atoms in total. The number of carbonyl (C=O) groups excluding carboxylic acids is 1. The van der Waals surface area contributed by atoms with Crippen LogP contribution < -0.4 is 10.0 Å². The number of nitrogens with zero attached hydrogens (tertiary/aromatic N) is 1. The monoisotopic (exact) mass is 544 g/mol. The molecule has 1 amide bonds. The van der Waals surface area contributed by atoms with Gasteiger partial charge in [-0.05, 0) is 62.6 Å². The second-order valence-corrected chi connectivity index (χ2v) is 12.7. The first kappa shape index (κ1) is 27.1. The van der Waals surface area contributed by atoms with E-state index in [-0.39, 0.29) is 22.6 Å². The van der Waals surface area contributed by atoms with Crippen LogP contribution in [0.25, 0.3) is 10.9 Å². The number of benzene rings is 2. The zero-order chi connectivity index (χ0) is 27.5. The molecule has 1 aliphatic carbocycles. The summed E-state index contributed by atoms with van der Waals surface area (Å²) in [6, 6.07) is 20.4. The number of rotatable bonds is 9. The first-order valence-electron chi connectivity index (χ1n) is 13.6. The van der Waals surface area contributed by atoms with Gasteiger partial charge in [0.05, 0.1) is 4.90 Å². The zero-order valence-corrected chi connectivity index (χ0v) is 23.4. The third kappa shape index (κ3) is 5.77. The number of hydrogen-bond acceptors (Lipinski definition) is 4. The van der Waals surface area contributed by atoms with Crippen molar-refractivity contribution in [2.45, 2.75) is 68.2 Å². The molecule has 2 aromatic heterocycles. The van der Waals surface area contributed by atoms with E-state index >= 15 is 0 Å². The summed E-state index contributed by atoms with van der Waals surface area (Å²) in [5.41, 5.74) is 2.03. The van der Waals surface area contributed by atoms with Gasteiger partial charge >= 0.3 is 0 Å². The van der Waals surface area contributed by atoms with Crippen molar-refractivity contribution < 1.29 is 13.2 Å². The smallest absolute Gasteiger partial charge is 0.241 e. The van der Waals surface area contributed by atoms with E-state index in [0.29, 0.717) is 6.54 Å². The number of nitrogens with one attached hydrogen (secondary N) is 3. The lowest BCUT2D eigenvalue weighted by Crippen LogP contribution is -2.59. The van der Waals surface area contributed by atoms with Crippen LogP contribution in [0.1, 0.15) is 55.8 Å². The molecule has 0 saturated heterocycles. The number of hydrogen-bond donors (Lipinski definition) is 3. The lowest BCUT2D eigenvalue weighted by atomic mass is 9.71. The van der Waals surface area contributed by atoms with Gasteiger partial charge in [-0.15, -0.1) is 0 Å². The summed E-state index contributed by atoms with van der Waals surface area (Å²) in [5.74, 6) is -0.357. The van der Waals surface area contributed by atoms with Gasteiger partial charge in [-0.25, -0.2) is 8.42 Å². The number of fused-ring (bicyclic) bond motifs is 1. The highest BCUT2D eigenvalue weighted by atomic mass is 32.2. The molecule has 2 heterocycles. The molecule has 39 heavy (non-hydrogen) atoms. The van der Waals surface area contributed by atoms with Crippen molar-refractivity contribution in [1.82, 2.24) is 20.0 Å². The SMILES string of the molecule is Cc1ccc(S(=O)(=O)N[C@@](C)(Cc2c[nH]c3ccccc23)C(=O)NCC2(c3ccccn3)CCCCC2)cc1. The lowest BCUT2D eigenvalue weighted by Gasteiger charge is -2.38. The van der Waals surface area contributed by atoms with E-state index in [4.69, 9.17) is 0 Å². The second-order valence-electron chi connectivity index (χ2n) is 11.0. The predicted molar refractivity (Wildman–Crippen MR) is 154 cm³/mol. The Bertz CT molecular complexity index is 1540. The van der Waals surface area contributed by atoms with Crippen molar-refractivity contribution in [3.05, 3.63) is 95.9 Å². The average Bonchev–Trinajstić information content (AvgIpc) is 3.35. The van der Waals surface area contributed by atoms with Crippen LogP contribution in [0.4, 0.5) is 0 Å². The summed E-state index contributed by atoms with van der Waals surface area (Å²) >= 11 is 0. The highest BCUT2D eigenvalue weighted by molar-refractivity contribution is 7.89. The molecule has 0 unspecified atom stereocenters. The third-order valence-electron chi connectivity index (χ3n) is 8.02. The van der Waals surface area contributed by atoms with Crippen LogP contribution in [0, 0.1) is 6.92 Å². The van der Waals surface area contributed by atoms with E-state index in [9.17, 15) is 13.2 Å². The van der Waals surface area contributed by atoms with Gasteiger partial charge in [0, 0.05) is 47.4 Å². The molecule has 0 radical (unpaired) electrons. The standard InChI is InChI=1S/C31H36N4O3S/c1-23-13-15-25(16-14-23)39(37,38)35-30(2,20-24-21-33-27-11-5-4-10-26(24)27)29(36)34-22-31(17-7-3-8-18-31)28-12-6-9-19-32-28/h4-6,9-16,19,21,33,35H,3,7-8,17-18,20,22H2,1-2H3,(H,34,36)/t30-/m0/s1. The maximum atomic E-state index is 14.0. The molecule has 0 aliphatic heterocycles. The van der Waals surface area contributed by atoms with Crippen molar-refractivity contribution in [3.63, 3.8) is 0 Å². The Labute approximate surface area is 230 Å². The van der Waals surface area contributed by atoms with E-state index in [2.05, 4.69) is 20.0 Å². The molecule has 3 N–H and O–H groups in total. The van der Waals surface area contributed by atoms with Crippen molar-refractivity contribution in [3.8, 4) is 0 Å². The minimum Gasteiger partial charge on any atom is -0.361 e. The number of carbonyl (C=O) groups is 1. The summed E-state index contributed by atoms with van der Waals surface area (Å²) in [4.78, 5) is 22.1. The van der Waals surface area contributed by atoms with Gasteiger partial charge in [0.25, 0.3) is 0 Å². The Morgan fingerprint density at radius 3 is 2.44 bits per heavy atom. The van der Waals surface area contributed by atoms with Crippen LogP contribution in [0.3, 0.4) is 0 Å². The summed E-state index contributed by atoms with van der Waals surface area (Å²) in [6.07, 6.45) is 8.99. The van der Waals surface area contributed by atoms with Crippen molar-refractivity contribution >= 4 is 26.8 Å². The van der Waals surface area contributed by atoms with Crippen LogP contribution >= 0.6 is 0 Å². The fourth-order valence-corrected chi connectivity index (χ4v) is 7.14. The molecule has 1 aliphatic rings. The predicted octanol–water partition coefficient (Wildman–Crippen LogP) is 5.17. The summed E-state index contributed by atoms with van der Waals surface area (Å²) in [7, 11) is -3.98. The maximum Gasteiger partial charge on any atom is 0.241 e. The fraction of sp³-hybridized carbons (Fsp3) is 0.355. The zero-order valence-electron chi connectivity index (χ0n) is 22.5. The molecular formula is C31H36N4O3S. The molecule has 1 saturated carbocycles. The molecule has 8 heteroatoms. The second kappa shape index (κ2) is 10.9. The van der Waals surface area contributed by atoms with Gasteiger partial charge in [-0.3, -0.25) is 9.78 Å². The molecule has 0 spiro atoms. The molecule has 1 fully saturated rings. The number of para-hydroxylation sites is 1. The fourth-order valence-electron chi connectivity index (χ4n) is 5.77. The Hall–Kier alpha value is -3.49. The van der Waals surface area contributed by atoms with E-state index in [1.54, 1.807) is 37.4 Å². The number of aromatic nitrogens is 2. The van der Waals surface area contributed by atoms with Gasteiger partial charge in [-0.1, -0.05) is 61.2 Å². The molecule has 1 atom stereocenters. The number of pyridine rings is 1. The maximum absolute atomic E-state index is 14.0. The minimum absolute atomic E-state index is 0.128. The van der Waals surface area contributed by atoms with Crippen molar-refractivity contribution in [1.29, 1.82) is 0 Å². The first-order chi connectivity index (χ1) is 18.7. The number of aromatic amines is 1. The largest absolute Gasteiger partial charge is 0.361 e. The Morgan fingerprint density at radius 2 is 1.72 bits per heavy atom. The van der Waals surface area contributed by atoms with E-state index in [1.807, 2.05) is 55.6 Å². The molecular weight excluding hydrogens is 508 g/mol. The number of sulfonamides is 1. The average molecular weight is 545 g/mol. The number of amides is 1. The normalized spacial score (nSPS) is 17.0. The van der Waals surface area contributed by atoms with Gasteiger partial charge < -0.3 is 10.3 Å². The van der Waals surface area contributed by atoms with Crippen LogP contribution in [-0.2, 0) is 26.7 Å². The summed E-state index contributed by atoms with van der Waals surface area (Å²) < 4.78 is 29.9. The van der Waals surface area contributed by atoms with Gasteiger partial charge in [0.1, 0.15) is 5.54 Å². The van der Waals surface area contributed by atoms with E-state index in [1.165, 1.54) is 0 Å². The Kier molecular flexibility index (Phi) is 7.60. The molecule has 204 valence electrons. The molecule has 5 rings (SSSR count). The number of H-pyrrole nitrogens is 1. The highest BCUT2D eigenvalue weighted by Crippen LogP contribution is 2.38. The number of aryl methyl sites for hydroxylation is 1. The minimum atomic E-state index is -3.98. The summed E-state index contributed by atoms with van der Waals surface area (Å²) in [6.45, 7) is 3.98. The Morgan fingerprint density at radius 1 is 1.00 bits per heavy atom. The van der Waals surface area contributed by atoms with E-state index in [0.717, 1.165) is 59.8 Å². The van der Waals surface area contributed by atoms with Gasteiger partial charge in [-0.2, -0.15) is 4.72 Å². The van der Waals surface area contributed by atoms with Crippen molar-refractivity contribution in [2.75, 3.05) is 6.54 Å². The summed E-state index contributed by atoms with van der Waals surface area (Å²) in [5, 5.41) is 4.12. The molecule has 2 aromatic carbocycles. The van der Waals surface area contributed by atoms with Crippen molar-refractivity contribution in [2.24, 2.45) is 0 Å². The van der Waals surface area contributed by atoms with Crippen LogP contribution in [0.5, 0.6) is 0 Å². The van der Waals surface area contributed by atoms with Crippen LogP contribution in [-0.4, -0.2) is 36.4 Å². The topological polar surface area (TPSA) is 104 Å². The highest BCUT2D eigenvalue weighted by Gasteiger charge is 2.41. The first-order valence-corrected chi connectivity index (χ1v) is 15.0. The Balaban J connectivity index is 1.46. The molecule has 4 aromatic rings. The van der Waals surface area contributed by atoms with Gasteiger partial charge in [0.2, 0.25) is 15.9 Å². The third-order valence-corrected chi connectivity index (χ3v) is 9.63. The van der Waals surface area contributed by atoms with Crippen LogP contribution in [0.2, 0.25) is 0 Å².